The average molecular weight is 215 g/mol. The lowest BCUT2D eigenvalue weighted by Gasteiger charge is -2.15. The van der Waals surface area contributed by atoms with Crippen molar-refractivity contribution in [3.8, 4) is 0 Å². The second-order valence-corrected chi connectivity index (χ2v) is 4.20. The van der Waals surface area contributed by atoms with E-state index < -0.39 is 0 Å². The minimum atomic E-state index is -0.0985. The van der Waals surface area contributed by atoms with Crippen molar-refractivity contribution in [2.24, 2.45) is 5.73 Å². The van der Waals surface area contributed by atoms with Gasteiger partial charge in [-0.15, -0.1) is 0 Å². The van der Waals surface area contributed by atoms with E-state index in [1.165, 1.54) is 16.7 Å². The van der Waals surface area contributed by atoms with Gasteiger partial charge in [0, 0.05) is 5.56 Å². The monoisotopic (exact) mass is 215 g/mol. The van der Waals surface area contributed by atoms with Gasteiger partial charge in [0.25, 0.3) is 0 Å². The molecule has 1 unspecified atom stereocenters. The molecule has 0 amide bonds. The Morgan fingerprint density at radius 2 is 1.81 bits per heavy atom. The van der Waals surface area contributed by atoms with Crippen molar-refractivity contribution in [2.75, 3.05) is 0 Å². The summed E-state index contributed by atoms with van der Waals surface area (Å²) in [5.41, 5.74) is 11.0. The van der Waals surface area contributed by atoms with Crippen LogP contribution in [0, 0.1) is 20.8 Å². The molecule has 1 aromatic heterocycles. The molecule has 2 heteroatoms. The minimum absolute atomic E-state index is 0.0985. The van der Waals surface area contributed by atoms with Crippen molar-refractivity contribution in [1.82, 2.24) is 0 Å². The molecule has 0 aliphatic rings. The lowest BCUT2D eigenvalue weighted by atomic mass is 9.94. The topological polar surface area (TPSA) is 39.2 Å². The van der Waals surface area contributed by atoms with Crippen LogP contribution < -0.4 is 5.73 Å². The van der Waals surface area contributed by atoms with Gasteiger partial charge in [-0.3, -0.25) is 0 Å². The van der Waals surface area contributed by atoms with Crippen LogP contribution in [0.15, 0.2) is 34.9 Å². The van der Waals surface area contributed by atoms with Crippen LogP contribution in [0.4, 0.5) is 0 Å². The Kier molecular flexibility index (Phi) is 2.84. The molecule has 0 saturated carbocycles. The molecule has 1 aromatic carbocycles. The van der Waals surface area contributed by atoms with E-state index in [9.17, 15) is 0 Å². The number of aryl methyl sites for hydroxylation is 2. The second kappa shape index (κ2) is 4.14. The zero-order valence-corrected chi connectivity index (χ0v) is 9.95. The van der Waals surface area contributed by atoms with Gasteiger partial charge in [0.15, 0.2) is 0 Å². The Labute approximate surface area is 96.1 Å². The highest BCUT2D eigenvalue weighted by atomic mass is 16.3. The Balaban J connectivity index is 2.46. The fourth-order valence-electron chi connectivity index (χ4n) is 2.00. The molecule has 0 aliphatic heterocycles. The van der Waals surface area contributed by atoms with E-state index in [4.69, 9.17) is 10.2 Å². The first-order valence-corrected chi connectivity index (χ1v) is 5.47. The summed E-state index contributed by atoms with van der Waals surface area (Å²) in [5.74, 6) is 0.897. The maximum Gasteiger partial charge on any atom is 0.105 e. The predicted octanol–water partition coefficient (Wildman–Crippen LogP) is 3.25. The largest absolute Gasteiger partial charge is 0.469 e. The van der Waals surface area contributed by atoms with Crippen molar-refractivity contribution in [3.63, 3.8) is 0 Å². The number of nitrogens with two attached hydrogens (primary N) is 1. The molecular formula is C14H17NO. The number of benzene rings is 1. The first kappa shape index (κ1) is 11.0. The van der Waals surface area contributed by atoms with Gasteiger partial charge in [0.05, 0.1) is 12.3 Å². The first-order valence-electron chi connectivity index (χ1n) is 5.47. The molecule has 0 radical (unpaired) electrons. The maximum atomic E-state index is 6.27. The number of hydrogen-bond donors (Lipinski definition) is 1. The summed E-state index contributed by atoms with van der Waals surface area (Å²) in [7, 11) is 0. The van der Waals surface area contributed by atoms with E-state index in [2.05, 4.69) is 26.0 Å². The highest BCUT2D eigenvalue weighted by molar-refractivity contribution is 5.40. The summed E-state index contributed by atoms with van der Waals surface area (Å²) in [4.78, 5) is 0. The van der Waals surface area contributed by atoms with Gasteiger partial charge < -0.3 is 10.2 Å². The smallest absolute Gasteiger partial charge is 0.105 e. The van der Waals surface area contributed by atoms with Crippen LogP contribution >= 0.6 is 0 Å². The van der Waals surface area contributed by atoms with Gasteiger partial charge in [0.1, 0.15) is 5.76 Å². The van der Waals surface area contributed by atoms with Crippen LogP contribution in [0.5, 0.6) is 0 Å². The maximum absolute atomic E-state index is 6.27. The van der Waals surface area contributed by atoms with E-state index in [0.717, 1.165) is 11.3 Å². The van der Waals surface area contributed by atoms with Crippen LogP contribution in [-0.4, -0.2) is 0 Å². The van der Waals surface area contributed by atoms with Crippen molar-refractivity contribution >= 4 is 0 Å². The number of furan rings is 1. The molecule has 2 aromatic rings. The quantitative estimate of drug-likeness (QED) is 0.835. The van der Waals surface area contributed by atoms with E-state index in [1.54, 1.807) is 6.26 Å². The molecule has 2 nitrogen and oxygen atoms in total. The normalized spacial score (nSPS) is 12.8. The summed E-state index contributed by atoms with van der Waals surface area (Å²) < 4.78 is 5.30. The third-order valence-corrected chi connectivity index (χ3v) is 3.22. The SMILES string of the molecule is Cc1cccc(C(N)c2ccoc2C)c1C. The molecule has 0 spiro atoms. The molecule has 2 rings (SSSR count). The molecule has 0 aliphatic carbocycles. The highest BCUT2D eigenvalue weighted by Gasteiger charge is 2.15. The Hall–Kier alpha value is -1.54. The zero-order valence-electron chi connectivity index (χ0n) is 9.95. The van der Waals surface area contributed by atoms with Gasteiger partial charge in [-0.25, -0.2) is 0 Å². The lowest BCUT2D eigenvalue weighted by Crippen LogP contribution is -2.13. The van der Waals surface area contributed by atoms with Crippen LogP contribution in [0.1, 0.15) is 34.1 Å². The van der Waals surface area contributed by atoms with Crippen molar-refractivity contribution < 1.29 is 4.42 Å². The fraction of sp³-hybridized carbons (Fsp3) is 0.286. The van der Waals surface area contributed by atoms with E-state index >= 15 is 0 Å². The molecule has 0 bridgehead atoms. The third kappa shape index (κ3) is 1.76. The highest BCUT2D eigenvalue weighted by Crippen LogP contribution is 2.26. The zero-order chi connectivity index (χ0) is 11.7. The summed E-state index contributed by atoms with van der Waals surface area (Å²) >= 11 is 0. The molecule has 0 fully saturated rings. The van der Waals surface area contributed by atoms with Crippen LogP contribution in [-0.2, 0) is 0 Å². The Bertz CT molecular complexity index is 499. The van der Waals surface area contributed by atoms with Gasteiger partial charge in [-0.1, -0.05) is 18.2 Å². The van der Waals surface area contributed by atoms with Gasteiger partial charge in [0.2, 0.25) is 0 Å². The van der Waals surface area contributed by atoms with E-state index in [1.807, 2.05) is 19.1 Å². The summed E-state index contributed by atoms with van der Waals surface area (Å²) in [6.45, 7) is 6.16. The predicted molar refractivity (Wildman–Crippen MR) is 65.4 cm³/mol. The Morgan fingerprint density at radius 3 is 2.44 bits per heavy atom. The van der Waals surface area contributed by atoms with E-state index in [0.29, 0.717) is 0 Å². The van der Waals surface area contributed by atoms with Crippen LogP contribution in [0.2, 0.25) is 0 Å². The minimum Gasteiger partial charge on any atom is -0.469 e. The fourth-order valence-corrected chi connectivity index (χ4v) is 2.00. The molecule has 2 N–H and O–H groups in total. The molecule has 84 valence electrons. The Morgan fingerprint density at radius 1 is 1.06 bits per heavy atom. The van der Waals surface area contributed by atoms with Crippen LogP contribution in [0.3, 0.4) is 0 Å². The van der Waals surface area contributed by atoms with Crippen molar-refractivity contribution in [3.05, 3.63) is 58.5 Å². The van der Waals surface area contributed by atoms with E-state index in [-0.39, 0.29) is 6.04 Å². The third-order valence-electron chi connectivity index (χ3n) is 3.22. The first-order chi connectivity index (χ1) is 7.61. The van der Waals surface area contributed by atoms with Gasteiger partial charge in [-0.05, 0) is 43.5 Å². The molecule has 1 atom stereocenters. The van der Waals surface area contributed by atoms with Gasteiger partial charge in [-0.2, -0.15) is 0 Å². The van der Waals surface area contributed by atoms with Gasteiger partial charge >= 0.3 is 0 Å². The molecule has 16 heavy (non-hydrogen) atoms. The number of rotatable bonds is 2. The van der Waals surface area contributed by atoms with Crippen molar-refractivity contribution in [2.45, 2.75) is 26.8 Å². The summed E-state index contributed by atoms with van der Waals surface area (Å²) in [5, 5.41) is 0. The van der Waals surface area contributed by atoms with Crippen molar-refractivity contribution in [1.29, 1.82) is 0 Å². The lowest BCUT2D eigenvalue weighted by molar-refractivity contribution is 0.527. The molecule has 0 saturated heterocycles. The van der Waals surface area contributed by atoms with Crippen LogP contribution in [0.25, 0.3) is 0 Å². The number of hydrogen-bond acceptors (Lipinski definition) is 2. The molecule has 1 heterocycles. The molecular weight excluding hydrogens is 198 g/mol. The summed E-state index contributed by atoms with van der Waals surface area (Å²) in [6.07, 6.45) is 1.69. The average Bonchev–Trinajstić information content (AvgIpc) is 2.68. The second-order valence-electron chi connectivity index (χ2n) is 4.20. The standard InChI is InChI=1S/C14H17NO/c1-9-5-4-6-12(10(9)2)14(15)13-7-8-16-11(13)3/h4-8,14H,15H2,1-3H3. The summed E-state index contributed by atoms with van der Waals surface area (Å²) in [6, 6.07) is 8.08.